The molecule has 0 saturated carbocycles. The van der Waals surface area contributed by atoms with Gasteiger partial charge in [0.1, 0.15) is 0 Å². The number of hydrogen-bond acceptors (Lipinski definition) is 1. The van der Waals surface area contributed by atoms with E-state index in [0.717, 1.165) is 0 Å². The lowest BCUT2D eigenvalue weighted by Gasteiger charge is -1.98. The van der Waals surface area contributed by atoms with Gasteiger partial charge >= 0.3 is 0 Å². The van der Waals surface area contributed by atoms with Gasteiger partial charge in [0.05, 0.1) is 13.4 Å². The third-order valence-corrected chi connectivity index (χ3v) is 1.49. The maximum atomic E-state index is 7.48. The third kappa shape index (κ3) is 2.12. The molecule has 0 aliphatic carbocycles. The minimum atomic E-state index is -2.76. The number of ether oxygens (including phenoxy) is 1. The van der Waals surface area contributed by atoms with Gasteiger partial charge in [-0.05, 0) is 17.7 Å². The number of halogens is 1. The molecular formula is C8H9BrO. The van der Waals surface area contributed by atoms with Crippen molar-refractivity contribution in [2.75, 3.05) is 7.04 Å². The monoisotopic (exact) mass is 205 g/mol. The van der Waals surface area contributed by atoms with E-state index in [1.54, 1.807) is 12.1 Å². The Labute approximate surface area is 76.2 Å². The van der Waals surface area contributed by atoms with E-state index in [1.165, 1.54) is 12.1 Å². The van der Waals surface area contributed by atoms with Crippen LogP contribution in [0.25, 0.3) is 0 Å². The summed E-state index contributed by atoms with van der Waals surface area (Å²) in [7, 11) is -2.76. The first-order valence-electron chi connectivity index (χ1n) is 5.17. The second-order valence-corrected chi connectivity index (χ2v) is 2.63. The van der Waals surface area contributed by atoms with E-state index in [-0.39, 0.29) is 5.56 Å². The van der Waals surface area contributed by atoms with Crippen LogP contribution >= 0.6 is 15.9 Å². The minimum Gasteiger partial charge on any atom is -0.380 e. The van der Waals surface area contributed by atoms with E-state index in [0.29, 0.717) is 4.47 Å². The molecule has 0 heterocycles. The molecule has 10 heavy (non-hydrogen) atoms. The van der Waals surface area contributed by atoms with Crippen molar-refractivity contribution in [3.8, 4) is 0 Å². The molecule has 0 saturated heterocycles. The average molecular weight is 206 g/mol. The van der Waals surface area contributed by atoms with Crippen molar-refractivity contribution in [3.05, 3.63) is 34.3 Å². The second kappa shape index (κ2) is 3.74. The molecule has 0 fully saturated rings. The van der Waals surface area contributed by atoms with Crippen molar-refractivity contribution in [2.24, 2.45) is 0 Å². The Morgan fingerprint density at radius 3 is 3.40 bits per heavy atom. The molecule has 0 spiro atoms. The number of rotatable bonds is 2. The molecule has 0 aromatic heterocycles. The van der Waals surface area contributed by atoms with Gasteiger partial charge in [0, 0.05) is 11.5 Å². The van der Waals surface area contributed by atoms with Crippen LogP contribution in [0.15, 0.2) is 28.7 Å². The van der Waals surface area contributed by atoms with Crippen LogP contribution in [0.2, 0.25) is 0 Å². The summed E-state index contributed by atoms with van der Waals surface area (Å²) in [5.74, 6) is 0. The number of hydrogen-bond donors (Lipinski definition) is 0. The smallest absolute Gasteiger partial charge is 0.0713 e. The Morgan fingerprint density at radius 1 is 1.80 bits per heavy atom. The zero-order valence-electron chi connectivity index (χ0n) is 10.1. The molecular weight excluding hydrogens is 192 g/mol. The van der Waals surface area contributed by atoms with E-state index in [4.69, 9.17) is 6.85 Å². The predicted octanol–water partition coefficient (Wildman–Crippen LogP) is 2.60. The molecule has 0 radical (unpaired) electrons. The van der Waals surface area contributed by atoms with Gasteiger partial charge in [0.25, 0.3) is 0 Å². The molecule has 1 aromatic carbocycles. The van der Waals surface area contributed by atoms with Crippen LogP contribution in [0.5, 0.6) is 0 Å². The highest BCUT2D eigenvalue weighted by Crippen LogP contribution is 2.11. The predicted molar refractivity (Wildman–Crippen MR) is 44.9 cm³/mol. The molecule has 0 N–H and O–H groups in total. The fraction of sp³-hybridized carbons (Fsp3) is 0.250. The number of methoxy groups -OCH3 is 1. The molecule has 1 aromatic rings. The van der Waals surface area contributed by atoms with Crippen molar-refractivity contribution in [3.63, 3.8) is 0 Å². The van der Waals surface area contributed by atoms with Crippen LogP contribution < -0.4 is 0 Å². The fourth-order valence-electron chi connectivity index (χ4n) is 0.611. The molecule has 0 aliphatic rings. The van der Waals surface area contributed by atoms with Crippen LogP contribution in [0.4, 0.5) is 0 Å². The van der Waals surface area contributed by atoms with Crippen molar-refractivity contribution in [1.82, 2.24) is 0 Å². The summed E-state index contributed by atoms with van der Waals surface area (Å²) in [5.41, 5.74) is 0.160. The topological polar surface area (TPSA) is 9.23 Å². The molecule has 1 nitrogen and oxygen atoms in total. The van der Waals surface area contributed by atoms with Crippen molar-refractivity contribution in [1.29, 1.82) is 0 Å². The Morgan fingerprint density at radius 2 is 2.70 bits per heavy atom. The largest absolute Gasteiger partial charge is 0.380 e. The second-order valence-electron chi connectivity index (χ2n) is 1.71. The highest BCUT2D eigenvalue weighted by Gasteiger charge is 1.90. The van der Waals surface area contributed by atoms with E-state index < -0.39 is 13.6 Å². The van der Waals surface area contributed by atoms with Crippen molar-refractivity contribution >= 4 is 15.9 Å². The normalized spacial score (nSPS) is 19.9. The van der Waals surface area contributed by atoms with E-state index in [2.05, 4.69) is 20.7 Å². The summed E-state index contributed by atoms with van der Waals surface area (Å²) in [6, 6.07) is 6.28. The lowest BCUT2D eigenvalue weighted by atomic mass is 10.2. The Kier molecular flexibility index (Phi) is 1.26. The van der Waals surface area contributed by atoms with Crippen molar-refractivity contribution < 1.29 is 11.6 Å². The maximum Gasteiger partial charge on any atom is 0.0713 e. The van der Waals surface area contributed by atoms with E-state index in [1.807, 2.05) is 0 Å². The molecule has 2 heteroatoms. The zero-order chi connectivity index (χ0) is 11.7. The van der Waals surface area contributed by atoms with E-state index >= 15 is 0 Å². The van der Waals surface area contributed by atoms with Crippen LogP contribution in [0.1, 0.15) is 12.4 Å². The molecule has 0 amide bonds. The van der Waals surface area contributed by atoms with Gasteiger partial charge in [-0.1, -0.05) is 28.1 Å². The minimum absolute atomic E-state index is 0.160. The Hall–Kier alpha value is -0.340. The lowest BCUT2D eigenvalue weighted by Crippen LogP contribution is -1.85. The first kappa shape index (κ1) is 3.37. The van der Waals surface area contributed by atoms with Gasteiger partial charge in [-0.25, -0.2) is 0 Å². The summed E-state index contributed by atoms with van der Waals surface area (Å²) in [5, 5.41) is 0. The quantitative estimate of drug-likeness (QED) is 0.722. The van der Waals surface area contributed by atoms with Crippen LogP contribution in [-0.4, -0.2) is 7.04 Å². The number of benzene rings is 1. The summed E-state index contributed by atoms with van der Waals surface area (Å²) < 4.78 is 40.6. The van der Waals surface area contributed by atoms with Gasteiger partial charge in [-0.15, -0.1) is 0 Å². The molecule has 1 rings (SSSR count). The fourth-order valence-corrected chi connectivity index (χ4v) is 1.01. The summed E-state index contributed by atoms with van der Waals surface area (Å²) >= 11 is 3.17. The molecule has 0 aliphatic heterocycles. The van der Waals surface area contributed by atoms with Gasteiger partial charge in [0.15, 0.2) is 0 Å². The highest BCUT2D eigenvalue weighted by molar-refractivity contribution is 9.10. The Balaban J connectivity index is 2.95. The lowest BCUT2D eigenvalue weighted by molar-refractivity contribution is 0.185. The summed E-state index contributed by atoms with van der Waals surface area (Å²) in [6.07, 6.45) is 0. The van der Waals surface area contributed by atoms with Gasteiger partial charge in [0.2, 0.25) is 0 Å². The van der Waals surface area contributed by atoms with Crippen LogP contribution in [0, 0.1) is 0 Å². The van der Waals surface area contributed by atoms with Crippen LogP contribution in [0.3, 0.4) is 0 Å². The first-order chi connectivity index (χ1) is 6.71. The Bertz CT molecular complexity index is 349. The van der Waals surface area contributed by atoms with Gasteiger partial charge in [-0.2, -0.15) is 0 Å². The summed E-state index contributed by atoms with van der Waals surface area (Å²) in [6.45, 7) is -2.32. The first-order valence-corrected chi connectivity index (χ1v) is 3.46. The molecule has 0 unspecified atom stereocenters. The molecule has 0 atom stereocenters. The highest BCUT2D eigenvalue weighted by atomic mass is 79.9. The maximum absolute atomic E-state index is 7.48. The standard InChI is InChI=1S/C8H9BrO/c1-10-6-7-3-2-4-8(9)5-7/h2-5H,6H2,1H3/i1D3,6D2. The molecule has 54 valence electrons. The summed E-state index contributed by atoms with van der Waals surface area (Å²) in [4.78, 5) is 0. The van der Waals surface area contributed by atoms with Crippen LogP contribution in [-0.2, 0) is 11.3 Å². The zero-order valence-corrected chi connectivity index (χ0v) is 6.68. The average Bonchev–Trinajstić information content (AvgIpc) is 1.99. The van der Waals surface area contributed by atoms with Crippen molar-refractivity contribution in [2.45, 2.75) is 6.56 Å². The van der Waals surface area contributed by atoms with Gasteiger partial charge < -0.3 is 4.74 Å². The van der Waals surface area contributed by atoms with E-state index in [9.17, 15) is 0 Å². The third-order valence-electron chi connectivity index (χ3n) is 0.993. The van der Waals surface area contributed by atoms with Gasteiger partial charge in [-0.3, -0.25) is 0 Å². The SMILES string of the molecule is [2H]C([2H])([2H])OC([2H])([2H])c1cccc(Br)c1. The molecule has 0 bridgehead atoms.